The van der Waals surface area contributed by atoms with Crippen molar-refractivity contribution in [2.75, 3.05) is 11.9 Å². The summed E-state index contributed by atoms with van der Waals surface area (Å²) in [5.74, 6) is 2.55. The molecule has 3 nitrogen and oxygen atoms in total. The number of nitrogens with two attached hydrogens (primary N) is 1. The molecule has 3 N–H and O–H groups in total. The topological polar surface area (TPSA) is 50.9 Å². The molecule has 0 spiro atoms. The van der Waals surface area contributed by atoms with Crippen LogP contribution in [0.25, 0.3) is 0 Å². The molecule has 0 aliphatic heterocycles. The van der Waals surface area contributed by atoms with E-state index in [-0.39, 0.29) is 0 Å². The van der Waals surface area contributed by atoms with Gasteiger partial charge in [-0.15, -0.1) is 0 Å². The fourth-order valence-electron chi connectivity index (χ4n) is 2.45. The summed E-state index contributed by atoms with van der Waals surface area (Å²) in [6, 6.07) is 5.75. The second-order valence-electron chi connectivity index (χ2n) is 5.28. The third-order valence-electron chi connectivity index (χ3n) is 3.71. The molecule has 18 heavy (non-hydrogen) atoms. The number of rotatable bonds is 4. The van der Waals surface area contributed by atoms with Gasteiger partial charge in [0.05, 0.1) is 5.69 Å². The van der Waals surface area contributed by atoms with Crippen molar-refractivity contribution in [3.8, 4) is 0 Å². The number of thiocarbonyl (C=S) groups is 1. The molecule has 1 saturated carbocycles. The van der Waals surface area contributed by atoms with Crippen LogP contribution in [0.4, 0.5) is 5.82 Å². The highest BCUT2D eigenvalue weighted by Crippen LogP contribution is 2.28. The van der Waals surface area contributed by atoms with Gasteiger partial charge in [0.1, 0.15) is 10.8 Å². The first-order valence-corrected chi connectivity index (χ1v) is 7.06. The van der Waals surface area contributed by atoms with Gasteiger partial charge in [-0.3, -0.25) is 0 Å². The predicted octanol–water partition coefficient (Wildman–Crippen LogP) is 2.95. The average molecular weight is 263 g/mol. The van der Waals surface area contributed by atoms with Crippen molar-refractivity contribution >= 4 is 23.0 Å². The summed E-state index contributed by atoms with van der Waals surface area (Å²) < 4.78 is 0. The molecule has 1 aliphatic rings. The lowest BCUT2D eigenvalue weighted by atomic mass is 9.83. The third kappa shape index (κ3) is 3.67. The van der Waals surface area contributed by atoms with Crippen molar-refractivity contribution in [3.05, 3.63) is 23.9 Å². The minimum absolute atomic E-state index is 0.352. The van der Waals surface area contributed by atoms with Crippen LogP contribution in [0.15, 0.2) is 18.2 Å². The Morgan fingerprint density at radius 3 is 2.78 bits per heavy atom. The normalized spacial score (nSPS) is 23.6. The largest absolute Gasteiger partial charge is 0.388 e. The van der Waals surface area contributed by atoms with Crippen molar-refractivity contribution in [3.63, 3.8) is 0 Å². The van der Waals surface area contributed by atoms with Crippen molar-refractivity contribution < 1.29 is 0 Å². The third-order valence-corrected chi connectivity index (χ3v) is 3.92. The molecular weight excluding hydrogens is 242 g/mol. The summed E-state index contributed by atoms with van der Waals surface area (Å²) in [7, 11) is 0. The highest BCUT2D eigenvalue weighted by Gasteiger charge is 2.17. The van der Waals surface area contributed by atoms with E-state index in [1.165, 1.54) is 25.7 Å². The number of nitrogens with one attached hydrogen (secondary N) is 1. The summed E-state index contributed by atoms with van der Waals surface area (Å²) >= 11 is 4.93. The quantitative estimate of drug-likeness (QED) is 0.820. The zero-order valence-electron chi connectivity index (χ0n) is 10.9. The summed E-state index contributed by atoms with van der Waals surface area (Å²) in [4.78, 5) is 4.75. The van der Waals surface area contributed by atoms with Crippen LogP contribution < -0.4 is 11.1 Å². The maximum atomic E-state index is 5.58. The van der Waals surface area contributed by atoms with Crippen molar-refractivity contribution in [2.45, 2.75) is 32.6 Å². The van der Waals surface area contributed by atoms with E-state index in [0.717, 1.165) is 24.2 Å². The molecule has 0 saturated heterocycles. The Morgan fingerprint density at radius 2 is 2.11 bits per heavy atom. The van der Waals surface area contributed by atoms with E-state index in [4.69, 9.17) is 18.0 Å². The number of nitrogens with zero attached hydrogens (tertiary/aromatic N) is 1. The lowest BCUT2D eigenvalue weighted by Gasteiger charge is -2.26. The lowest BCUT2D eigenvalue weighted by Crippen LogP contribution is -2.21. The van der Waals surface area contributed by atoms with Crippen molar-refractivity contribution in [1.82, 2.24) is 4.98 Å². The molecule has 0 atom stereocenters. The Labute approximate surface area is 114 Å². The first-order chi connectivity index (χ1) is 8.65. The van der Waals surface area contributed by atoms with Gasteiger partial charge in [-0.05, 0) is 36.8 Å². The standard InChI is InChI=1S/C14H21N3S/c1-10-5-7-11(8-6-10)9-16-13-4-2-3-12(17-13)14(15)18/h2-4,10-11H,5-9H2,1H3,(H2,15,18)(H,16,17). The van der Waals surface area contributed by atoms with Crippen molar-refractivity contribution in [1.29, 1.82) is 0 Å². The van der Waals surface area contributed by atoms with Crippen LogP contribution in [0, 0.1) is 11.8 Å². The Kier molecular flexibility index (Phi) is 4.53. The molecule has 1 fully saturated rings. The SMILES string of the molecule is CC1CCC(CNc2cccc(C(N)=S)n2)CC1. The number of anilines is 1. The van der Waals surface area contributed by atoms with Crippen LogP contribution >= 0.6 is 12.2 Å². The molecule has 1 aromatic rings. The smallest absolute Gasteiger partial charge is 0.126 e. The molecule has 0 radical (unpaired) electrons. The molecule has 0 aromatic carbocycles. The van der Waals surface area contributed by atoms with Gasteiger partial charge in [0.15, 0.2) is 0 Å². The molecule has 2 rings (SSSR count). The molecular formula is C14H21N3S. The second-order valence-corrected chi connectivity index (χ2v) is 5.72. The Morgan fingerprint density at radius 1 is 1.39 bits per heavy atom. The van der Waals surface area contributed by atoms with E-state index in [9.17, 15) is 0 Å². The van der Waals surface area contributed by atoms with Gasteiger partial charge >= 0.3 is 0 Å². The van der Waals surface area contributed by atoms with Crippen LogP contribution in [-0.4, -0.2) is 16.5 Å². The molecule has 0 bridgehead atoms. The van der Waals surface area contributed by atoms with Crippen LogP contribution in [0.5, 0.6) is 0 Å². The zero-order valence-corrected chi connectivity index (χ0v) is 11.7. The number of aromatic nitrogens is 1. The average Bonchev–Trinajstić information content (AvgIpc) is 2.38. The van der Waals surface area contributed by atoms with Crippen LogP contribution in [0.2, 0.25) is 0 Å². The molecule has 0 amide bonds. The fourth-order valence-corrected chi connectivity index (χ4v) is 2.57. The van der Waals surface area contributed by atoms with Gasteiger partial charge in [-0.2, -0.15) is 0 Å². The summed E-state index contributed by atoms with van der Waals surface area (Å²) in [6.45, 7) is 3.34. The lowest BCUT2D eigenvalue weighted by molar-refractivity contribution is 0.300. The van der Waals surface area contributed by atoms with Crippen LogP contribution in [-0.2, 0) is 0 Å². The highest BCUT2D eigenvalue weighted by molar-refractivity contribution is 7.80. The summed E-state index contributed by atoms with van der Waals surface area (Å²) in [6.07, 6.45) is 5.35. The van der Waals surface area contributed by atoms with Crippen molar-refractivity contribution in [2.24, 2.45) is 17.6 Å². The monoisotopic (exact) mass is 263 g/mol. The minimum atomic E-state index is 0.352. The first kappa shape index (κ1) is 13.3. The van der Waals surface area contributed by atoms with E-state index in [1.54, 1.807) is 0 Å². The van der Waals surface area contributed by atoms with Gasteiger partial charge in [0.25, 0.3) is 0 Å². The van der Waals surface area contributed by atoms with Gasteiger partial charge in [0, 0.05) is 6.54 Å². The predicted molar refractivity (Wildman–Crippen MR) is 79.7 cm³/mol. The highest BCUT2D eigenvalue weighted by atomic mass is 32.1. The minimum Gasteiger partial charge on any atom is -0.388 e. The Hall–Kier alpha value is -1.16. The first-order valence-electron chi connectivity index (χ1n) is 6.66. The molecule has 0 unspecified atom stereocenters. The molecule has 1 heterocycles. The maximum absolute atomic E-state index is 5.58. The van der Waals surface area contributed by atoms with E-state index in [1.807, 2.05) is 18.2 Å². The second kappa shape index (κ2) is 6.14. The zero-order chi connectivity index (χ0) is 13.0. The molecule has 1 aliphatic carbocycles. The number of hydrogen-bond donors (Lipinski definition) is 2. The van der Waals surface area contributed by atoms with Gasteiger partial charge in [-0.25, -0.2) is 4.98 Å². The number of pyridine rings is 1. The van der Waals surface area contributed by atoms with Gasteiger partial charge in [0.2, 0.25) is 0 Å². The summed E-state index contributed by atoms with van der Waals surface area (Å²) in [5, 5.41) is 3.40. The summed E-state index contributed by atoms with van der Waals surface area (Å²) in [5.41, 5.74) is 6.27. The Bertz CT molecular complexity index is 411. The van der Waals surface area contributed by atoms with E-state index in [2.05, 4.69) is 17.2 Å². The van der Waals surface area contributed by atoms with Crippen LogP contribution in [0.3, 0.4) is 0 Å². The Balaban J connectivity index is 1.86. The maximum Gasteiger partial charge on any atom is 0.126 e. The molecule has 1 aromatic heterocycles. The van der Waals surface area contributed by atoms with E-state index >= 15 is 0 Å². The fraction of sp³-hybridized carbons (Fsp3) is 0.571. The van der Waals surface area contributed by atoms with Gasteiger partial charge < -0.3 is 11.1 Å². The molecule has 98 valence electrons. The number of hydrogen-bond acceptors (Lipinski definition) is 3. The van der Waals surface area contributed by atoms with E-state index in [0.29, 0.717) is 10.7 Å². The van der Waals surface area contributed by atoms with Gasteiger partial charge in [-0.1, -0.05) is 38.0 Å². The van der Waals surface area contributed by atoms with E-state index < -0.39 is 0 Å². The van der Waals surface area contributed by atoms with Crippen LogP contribution in [0.1, 0.15) is 38.3 Å². The molecule has 4 heteroatoms.